The lowest BCUT2D eigenvalue weighted by Gasteiger charge is -2.23. The van der Waals surface area contributed by atoms with E-state index >= 15 is 0 Å². The fraction of sp³-hybridized carbons (Fsp3) is 0.476. The highest BCUT2D eigenvalue weighted by atomic mass is 16.5. The largest absolute Gasteiger partial charge is 0.460 e. The zero-order valence-corrected chi connectivity index (χ0v) is 16.3. The molecule has 2 aromatic rings. The van der Waals surface area contributed by atoms with Crippen molar-refractivity contribution in [2.75, 3.05) is 39.9 Å². The van der Waals surface area contributed by atoms with Gasteiger partial charge in [-0.3, -0.25) is 4.79 Å². The van der Waals surface area contributed by atoms with Gasteiger partial charge in [0, 0.05) is 12.1 Å². The Balaban J connectivity index is 1.39. The van der Waals surface area contributed by atoms with Gasteiger partial charge in [0.15, 0.2) is 12.3 Å². The number of likely N-dealkylation sites (N-methyl/N-ethyl adjacent to an activating group) is 1. The number of quaternary nitrogens is 2. The first-order valence-corrected chi connectivity index (χ1v) is 9.71. The molecular formula is C21H31N3O3+2. The van der Waals surface area contributed by atoms with Gasteiger partial charge in [0.05, 0.1) is 20.3 Å². The molecule has 1 unspecified atom stereocenters. The molecule has 6 heteroatoms. The van der Waals surface area contributed by atoms with Gasteiger partial charge in [-0.25, -0.2) is 0 Å². The van der Waals surface area contributed by atoms with Gasteiger partial charge >= 0.3 is 0 Å². The van der Waals surface area contributed by atoms with Gasteiger partial charge in [-0.2, -0.15) is 0 Å². The van der Waals surface area contributed by atoms with Crippen molar-refractivity contribution in [3.05, 3.63) is 59.0 Å². The van der Waals surface area contributed by atoms with Crippen LogP contribution in [0.4, 0.5) is 0 Å². The second kappa shape index (κ2) is 9.69. The molecule has 0 saturated carbocycles. The SMILES string of the molecule is Cc1ccc(C[NH+](C)CC(=O)NCc2ccc(C[NH+]3CCOCC3)cc2)o1. The molecule has 1 aliphatic heterocycles. The molecule has 0 aliphatic carbocycles. The van der Waals surface area contributed by atoms with E-state index in [1.54, 1.807) is 4.90 Å². The van der Waals surface area contributed by atoms with E-state index in [2.05, 4.69) is 29.6 Å². The Morgan fingerprint density at radius 2 is 1.81 bits per heavy atom. The molecule has 0 bridgehead atoms. The van der Waals surface area contributed by atoms with Crippen LogP contribution >= 0.6 is 0 Å². The number of nitrogens with one attached hydrogen (secondary N) is 3. The summed E-state index contributed by atoms with van der Waals surface area (Å²) < 4.78 is 11.0. The lowest BCUT2D eigenvalue weighted by molar-refractivity contribution is -0.921. The topological polar surface area (TPSA) is 60.3 Å². The Hall–Kier alpha value is -2.15. The van der Waals surface area contributed by atoms with Crippen molar-refractivity contribution in [3.63, 3.8) is 0 Å². The third-order valence-corrected chi connectivity index (χ3v) is 4.90. The molecule has 1 saturated heterocycles. The van der Waals surface area contributed by atoms with Crippen LogP contribution < -0.4 is 15.1 Å². The predicted molar refractivity (Wildman–Crippen MR) is 102 cm³/mol. The van der Waals surface area contributed by atoms with Crippen molar-refractivity contribution < 1.29 is 23.7 Å². The number of carbonyl (C=O) groups excluding carboxylic acids is 1. The van der Waals surface area contributed by atoms with Gasteiger partial charge in [0.1, 0.15) is 31.9 Å². The fourth-order valence-corrected chi connectivity index (χ4v) is 3.38. The molecule has 1 aromatic carbocycles. The summed E-state index contributed by atoms with van der Waals surface area (Å²) in [5.41, 5.74) is 2.46. The van der Waals surface area contributed by atoms with E-state index in [9.17, 15) is 4.79 Å². The molecule has 1 fully saturated rings. The maximum absolute atomic E-state index is 12.2. The van der Waals surface area contributed by atoms with Gasteiger partial charge in [0.2, 0.25) is 0 Å². The number of carbonyl (C=O) groups is 1. The molecule has 0 spiro atoms. The predicted octanol–water partition coefficient (Wildman–Crippen LogP) is -0.666. The Morgan fingerprint density at radius 1 is 1.11 bits per heavy atom. The van der Waals surface area contributed by atoms with Crippen molar-refractivity contribution >= 4 is 5.91 Å². The normalized spacial score (nSPS) is 16.2. The van der Waals surface area contributed by atoms with E-state index in [4.69, 9.17) is 9.15 Å². The highest BCUT2D eigenvalue weighted by molar-refractivity contribution is 5.76. The van der Waals surface area contributed by atoms with Gasteiger partial charge in [-0.15, -0.1) is 0 Å². The zero-order chi connectivity index (χ0) is 19.1. The molecule has 2 heterocycles. The van der Waals surface area contributed by atoms with Crippen molar-refractivity contribution in [1.82, 2.24) is 5.32 Å². The second-order valence-corrected chi connectivity index (χ2v) is 7.46. The summed E-state index contributed by atoms with van der Waals surface area (Å²) in [6.45, 7) is 8.53. The number of ether oxygens (including phenoxy) is 1. The third kappa shape index (κ3) is 6.50. The molecule has 6 nitrogen and oxygen atoms in total. The van der Waals surface area contributed by atoms with Gasteiger partial charge < -0.3 is 24.3 Å². The Morgan fingerprint density at radius 3 is 2.48 bits per heavy atom. The van der Waals surface area contributed by atoms with Crippen molar-refractivity contribution in [2.24, 2.45) is 0 Å². The molecule has 1 amide bonds. The quantitative estimate of drug-likeness (QED) is 0.576. The van der Waals surface area contributed by atoms with Gasteiger partial charge in [-0.1, -0.05) is 24.3 Å². The first kappa shape index (κ1) is 19.6. The summed E-state index contributed by atoms with van der Waals surface area (Å²) in [7, 11) is 2.00. The average molecular weight is 373 g/mol. The number of morpholine rings is 1. The zero-order valence-electron chi connectivity index (χ0n) is 16.3. The number of amides is 1. The molecule has 27 heavy (non-hydrogen) atoms. The Labute approximate surface area is 161 Å². The van der Waals surface area contributed by atoms with Crippen LogP contribution in [0, 0.1) is 6.92 Å². The van der Waals surface area contributed by atoms with E-state index in [1.165, 1.54) is 5.56 Å². The van der Waals surface area contributed by atoms with Crippen molar-refractivity contribution in [1.29, 1.82) is 0 Å². The van der Waals surface area contributed by atoms with Crippen LogP contribution in [0.5, 0.6) is 0 Å². The lowest BCUT2D eigenvalue weighted by atomic mass is 10.1. The van der Waals surface area contributed by atoms with Crippen molar-refractivity contribution in [2.45, 2.75) is 26.6 Å². The van der Waals surface area contributed by atoms with E-state index in [1.807, 2.05) is 26.1 Å². The summed E-state index contributed by atoms with van der Waals surface area (Å²) in [5, 5.41) is 3.01. The molecule has 0 radical (unpaired) electrons. The van der Waals surface area contributed by atoms with Crippen molar-refractivity contribution in [3.8, 4) is 0 Å². The first-order chi connectivity index (χ1) is 13.1. The molecular weight excluding hydrogens is 342 g/mol. The Bertz CT molecular complexity index is 721. The van der Waals surface area contributed by atoms with Crippen LogP contribution in [0.15, 0.2) is 40.8 Å². The summed E-state index contributed by atoms with van der Waals surface area (Å²) in [6, 6.07) is 12.5. The molecule has 3 rings (SSSR count). The molecule has 1 aliphatic rings. The lowest BCUT2D eigenvalue weighted by Crippen LogP contribution is -3.12. The molecule has 1 atom stereocenters. The number of aryl methyl sites for hydroxylation is 1. The Kier molecular flexibility index (Phi) is 7.04. The summed E-state index contributed by atoms with van der Waals surface area (Å²) in [4.78, 5) is 14.8. The number of furan rings is 1. The highest BCUT2D eigenvalue weighted by Crippen LogP contribution is 2.04. The van der Waals surface area contributed by atoms with E-state index in [0.29, 0.717) is 19.6 Å². The minimum absolute atomic E-state index is 0.0533. The smallest absolute Gasteiger partial charge is 0.275 e. The van der Waals surface area contributed by atoms with Crippen LogP contribution in [0.25, 0.3) is 0 Å². The highest BCUT2D eigenvalue weighted by Gasteiger charge is 2.14. The van der Waals surface area contributed by atoms with Crippen LogP contribution in [0.3, 0.4) is 0 Å². The number of hydrogen-bond donors (Lipinski definition) is 3. The summed E-state index contributed by atoms with van der Waals surface area (Å²) >= 11 is 0. The van der Waals surface area contributed by atoms with Crippen LogP contribution in [0.1, 0.15) is 22.6 Å². The van der Waals surface area contributed by atoms with E-state index < -0.39 is 0 Å². The fourth-order valence-electron chi connectivity index (χ4n) is 3.38. The minimum Gasteiger partial charge on any atom is -0.460 e. The first-order valence-electron chi connectivity index (χ1n) is 9.71. The molecule has 1 aromatic heterocycles. The second-order valence-electron chi connectivity index (χ2n) is 7.46. The van der Waals surface area contributed by atoms with Gasteiger partial charge in [0.25, 0.3) is 5.91 Å². The molecule has 3 N–H and O–H groups in total. The van der Waals surface area contributed by atoms with Crippen LogP contribution in [-0.2, 0) is 29.2 Å². The minimum atomic E-state index is 0.0533. The average Bonchev–Trinajstić information content (AvgIpc) is 3.06. The number of rotatable bonds is 8. The monoisotopic (exact) mass is 373 g/mol. The number of benzene rings is 1. The van der Waals surface area contributed by atoms with Crippen LogP contribution in [-0.4, -0.2) is 45.8 Å². The number of hydrogen-bond acceptors (Lipinski definition) is 3. The molecule has 146 valence electrons. The van der Waals surface area contributed by atoms with E-state index in [-0.39, 0.29) is 5.91 Å². The van der Waals surface area contributed by atoms with Gasteiger partial charge in [-0.05, 0) is 24.6 Å². The third-order valence-electron chi connectivity index (χ3n) is 4.90. The standard InChI is InChI=1S/C21H29N3O3/c1-17-3-8-20(27-17)15-23(2)16-21(25)22-13-18-4-6-19(7-5-18)14-24-9-11-26-12-10-24/h3-8H,9-16H2,1-2H3,(H,22,25)/p+2. The van der Waals surface area contributed by atoms with Crippen LogP contribution in [0.2, 0.25) is 0 Å². The summed E-state index contributed by atoms with van der Waals surface area (Å²) in [5.74, 6) is 1.87. The summed E-state index contributed by atoms with van der Waals surface area (Å²) in [6.07, 6.45) is 0. The maximum atomic E-state index is 12.2. The van der Waals surface area contributed by atoms with E-state index in [0.717, 1.165) is 54.8 Å². The maximum Gasteiger partial charge on any atom is 0.275 e.